The van der Waals surface area contributed by atoms with Crippen LogP contribution in [-0.4, -0.2) is 15.6 Å². The molecule has 106 valence electrons. The molecule has 0 radical (unpaired) electrons. The maximum atomic E-state index is 12.4. The lowest BCUT2D eigenvalue weighted by atomic mass is 10.0. The summed E-state index contributed by atoms with van der Waals surface area (Å²) in [6.07, 6.45) is 4.59. The molecular formula is C16H20N2O2. The van der Waals surface area contributed by atoms with Gasteiger partial charge in [0.05, 0.1) is 0 Å². The maximum absolute atomic E-state index is 12.4. The van der Waals surface area contributed by atoms with Crippen LogP contribution in [0.4, 0.5) is 5.69 Å². The lowest BCUT2D eigenvalue weighted by Crippen LogP contribution is -2.26. The number of aromatic hydroxyl groups is 1. The van der Waals surface area contributed by atoms with Crippen molar-refractivity contribution in [2.45, 2.75) is 26.3 Å². The number of anilines is 1. The molecule has 4 nitrogen and oxygen atoms in total. The van der Waals surface area contributed by atoms with E-state index in [1.54, 1.807) is 24.3 Å². The Bertz CT molecular complexity index is 544. The fraction of sp³-hybridized carbons (Fsp3) is 0.312. The summed E-state index contributed by atoms with van der Waals surface area (Å²) in [5.41, 5.74) is 0.689. The zero-order valence-electron chi connectivity index (χ0n) is 11.8. The number of hydrogen-bond donors (Lipinski definition) is 2. The minimum absolute atomic E-state index is 0.0411. The Morgan fingerprint density at radius 3 is 2.35 bits per heavy atom. The quantitative estimate of drug-likeness (QED) is 0.819. The van der Waals surface area contributed by atoms with Crippen molar-refractivity contribution in [3.8, 4) is 5.75 Å². The van der Waals surface area contributed by atoms with Gasteiger partial charge in [0.15, 0.2) is 0 Å². The van der Waals surface area contributed by atoms with Crippen molar-refractivity contribution in [3.05, 3.63) is 48.8 Å². The first-order valence-corrected chi connectivity index (χ1v) is 6.78. The molecule has 2 N–H and O–H groups in total. The first-order valence-electron chi connectivity index (χ1n) is 6.78. The van der Waals surface area contributed by atoms with Crippen LogP contribution in [0.5, 0.6) is 5.75 Å². The van der Waals surface area contributed by atoms with E-state index in [0.717, 1.165) is 6.42 Å². The number of nitrogens with one attached hydrogen (secondary N) is 1. The molecule has 0 aliphatic rings. The fourth-order valence-electron chi connectivity index (χ4n) is 2.14. The summed E-state index contributed by atoms with van der Waals surface area (Å²) in [7, 11) is 0. The van der Waals surface area contributed by atoms with Crippen LogP contribution < -0.4 is 5.32 Å². The summed E-state index contributed by atoms with van der Waals surface area (Å²) in [6.45, 7) is 4.20. The molecule has 1 amide bonds. The smallest absolute Gasteiger partial charge is 0.247 e. The normalized spacial score (nSPS) is 12.3. The molecule has 1 aromatic heterocycles. The zero-order chi connectivity index (χ0) is 14.5. The zero-order valence-corrected chi connectivity index (χ0v) is 11.8. The molecule has 0 fully saturated rings. The van der Waals surface area contributed by atoms with E-state index in [-0.39, 0.29) is 17.7 Å². The Balaban J connectivity index is 2.12. The molecule has 0 unspecified atom stereocenters. The summed E-state index contributed by atoms with van der Waals surface area (Å²) >= 11 is 0. The van der Waals surface area contributed by atoms with Crippen LogP contribution in [0.2, 0.25) is 0 Å². The van der Waals surface area contributed by atoms with Gasteiger partial charge in [-0.15, -0.1) is 0 Å². The van der Waals surface area contributed by atoms with Crippen LogP contribution in [0, 0.1) is 5.92 Å². The number of carbonyl (C=O) groups is 1. The average Bonchev–Trinajstić information content (AvgIpc) is 2.92. The lowest BCUT2D eigenvalue weighted by molar-refractivity contribution is -0.119. The molecule has 0 spiro atoms. The third-order valence-electron chi connectivity index (χ3n) is 3.12. The number of hydrogen-bond acceptors (Lipinski definition) is 2. The highest BCUT2D eigenvalue weighted by Crippen LogP contribution is 2.21. The first-order chi connectivity index (χ1) is 9.56. The van der Waals surface area contributed by atoms with Gasteiger partial charge < -0.3 is 15.0 Å². The van der Waals surface area contributed by atoms with E-state index in [4.69, 9.17) is 0 Å². The third-order valence-corrected chi connectivity index (χ3v) is 3.12. The molecule has 20 heavy (non-hydrogen) atoms. The monoisotopic (exact) mass is 272 g/mol. The van der Waals surface area contributed by atoms with Crippen molar-refractivity contribution in [2.75, 3.05) is 5.32 Å². The number of carbonyl (C=O) groups excluding carboxylic acids is 1. The second-order valence-electron chi connectivity index (χ2n) is 5.31. The van der Waals surface area contributed by atoms with Gasteiger partial charge in [-0.3, -0.25) is 4.79 Å². The number of rotatable bonds is 5. The van der Waals surface area contributed by atoms with Gasteiger partial charge in [0, 0.05) is 18.1 Å². The highest BCUT2D eigenvalue weighted by atomic mass is 16.3. The summed E-state index contributed by atoms with van der Waals surface area (Å²) in [6, 6.07) is 10.1. The number of phenols is 1. The van der Waals surface area contributed by atoms with Gasteiger partial charge in [-0.05, 0) is 48.7 Å². The second-order valence-corrected chi connectivity index (χ2v) is 5.31. The highest BCUT2D eigenvalue weighted by Gasteiger charge is 2.20. The Hall–Kier alpha value is -2.23. The van der Waals surface area contributed by atoms with Gasteiger partial charge in [0.25, 0.3) is 0 Å². The fourth-order valence-corrected chi connectivity index (χ4v) is 2.14. The van der Waals surface area contributed by atoms with Crippen LogP contribution in [0.25, 0.3) is 0 Å². The predicted octanol–water partition coefficient (Wildman–Crippen LogP) is 3.42. The van der Waals surface area contributed by atoms with Crippen LogP contribution in [0.3, 0.4) is 0 Å². The van der Waals surface area contributed by atoms with Crippen molar-refractivity contribution in [3.63, 3.8) is 0 Å². The van der Waals surface area contributed by atoms with Gasteiger partial charge in [-0.1, -0.05) is 13.8 Å². The number of phenolic OH excluding ortho intramolecular Hbond substituents is 1. The van der Waals surface area contributed by atoms with Crippen LogP contribution in [-0.2, 0) is 4.79 Å². The van der Waals surface area contributed by atoms with Crippen LogP contribution in [0.1, 0.15) is 26.3 Å². The molecule has 1 heterocycles. The molecule has 0 bridgehead atoms. The Morgan fingerprint density at radius 2 is 1.80 bits per heavy atom. The minimum atomic E-state index is -0.223. The van der Waals surface area contributed by atoms with Crippen molar-refractivity contribution >= 4 is 11.6 Å². The largest absolute Gasteiger partial charge is 0.508 e. The molecule has 0 saturated heterocycles. The predicted molar refractivity (Wildman–Crippen MR) is 79.7 cm³/mol. The molecule has 2 aromatic rings. The lowest BCUT2D eigenvalue weighted by Gasteiger charge is -2.20. The minimum Gasteiger partial charge on any atom is -0.508 e. The Morgan fingerprint density at radius 1 is 1.20 bits per heavy atom. The maximum Gasteiger partial charge on any atom is 0.247 e. The molecule has 0 aliphatic heterocycles. The summed E-state index contributed by atoms with van der Waals surface area (Å²) in [4.78, 5) is 12.4. The van der Waals surface area contributed by atoms with Crippen LogP contribution in [0.15, 0.2) is 48.8 Å². The van der Waals surface area contributed by atoms with Crippen molar-refractivity contribution < 1.29 is 9.90 Å². The SMILES string of the molecule is CC(C)C[C@H](C(=O)Nc1ccc(O)cc1)n1cccc1. The van der Waals surface area contributed by atoms with Gasteiger partial charge >= 0.3 is 0 Å². The highest BCUT2D eigenvalue weighted by molar-refractivity contribution is 5.93. The Kier molecular flexibility index (Phi) is 4.45. The molecule has 2 rings (SSSR count). The van der Waals surface area contributed by atoms with Crippen molar-refractivity contribution in [2.24, 2.45) is 5.92 Å². The molecule has 1 aromatic carbocycles. The number of nitrogens with zero attached hydrogens (tertiary/aromatic N) is 1. The summed E-state index contributed by atoms with van der Waals surface area (Å²) in [5.74, 6) is 0.570. The number of benzene rings is 1. The van der Waals surface area contributed by atoms with Gasteiger partial charge in [0.2, 0.25) is 5.91 Å². The van der Waals surface area contributed by atoms with E-state index in [1.165, 1.54) is 0 Å². The van der Waals surface area contributed by atoms with Crippen molar-refractivity contribution in [1.82, 2.24) is 4.57 Å². The number of aromatic nitrogens is 1. The van der Waals surface area contributed by atoms with Crippen molar-refractivity contribution in [1.29, 1.82) is 0 Å². The molecule has 1 atom stereocenters. The van der Waals surface area contributed by atoms with Gasteiger partial charge in [-0.2, -0.15) is 0 Å². The Labute approximate surface area is 119 Å². The van der Waals surface area contributed by atoms with E-state index in [0.29, 0.717) is 11.6 Å². The van der Waals surface area contributed by atoms with E-state index in [9.17, 15) is 9.90 Å². The summed E-state index contributed by atoms with van der Waals surface area (Å²) in [5, 5.41) is 12.1. The summed E-state index contributed by atoms with van der Waals surface area (Å²) < 4.78 is 1.93. The molecule has 0 aliphatic carbocycles. The van der Waals surface area contributed by atoms with Gasteiger partial charge in [-0.25, -0.2) is 0 Å². The van der Waals surface area contributed by atoms with Gasteiger partial charge in [0.1, 0.15) is 11.8 Å². The second kappa shape index (κ2) is 6.28. The van der Waals surface area contributed by atoms with Crippen LogP contribution >= 0.6 is 0 Å². The third kappa shape index (κ3) is 3.63. The molecule has 4 heteroatoms. The van der Waals surface area contributed by atoms with E-state index >= 15 is 0 Å². The molecule has 0 saturated carbocycles. The number of amides is 1. The standard InChI is InChI=1S/C16H20N2O2/c1-12(2)11-15(18-9-3-4-10-18)16(20)17-13-5-7-14(19)8-6-13/h3-10,12,15,19H,11H2,1-2H3,(H,17,20)/t15-/m1/s1. The first kappa shape index (κ1) is 14.2. The topological polar surface area (TPSA) is 54.3 Å². The molecular weight excluding hydrogens is 252 g/mol. The van der Waals surface area contributed by atoms with E-state index < -0.39 is 0 Å². The average molecular weight is 272 g/mol. The van der Waals surface area contributed by atoms with E-state index in [1.807, 2.05) is 29.1 Å². The van der Waals surface area contributed by atoms with E-state index in [2.05, 4.69) is 19.2 Å².